The summed E-state index contributed by atoms with van der Waals surface area (Å²) < 4.78 is 35.4. The second-order valence-corrected chi connectivity index (χ2v) is 11.8. The molecule has 3 amide bonds. The Morgan fingerprint density at radius 2 is 1.70 bits per heavy atom. The zero-order chi connectivity index (χ0) is 30.9. The highest BCUT2D eigenvalue weighted by Gasteiger charge is 2.37. The fourth-order valence-electron chi connectivity index (χ4n) is 5.00. The summed E-state index contributed by atoms with van der Waals surface area (Å²) in [6, 6.07) is 8.66. The van der Waals surface area contributed by atoms with Gasteiger partial charge in [0.15, 0.2) is 0 Å². The molecule has 0 radical (unpaired) electrons. The van der Waals surface area contributed by atoms with Crippen molar-refractivity contribution < 1.29 is 32.6 Å². The zero-order valence-corrected chi connectivity index (χ0v) is 24.5. The Balaban J connectivity index is 1.23. The molecule has 43 heavy (non-hydrogen) atoms. The summed E-state index contributed by atoms with van der Waals surface area (Å²) in [5, 5.41) is 2.68. The maximum Gasteiger partial charge on any atom is 0.487 e. The molecule has 3 aromatic rings. The molecule has 2 aliphatic rings. The molecule has 2 aromatic heterocycles. The number of aromatic nitrogens is 2. The average molecular weight is 614 g/mol. The van der Waals surface area contributed by atoms with Gasteiger partial charge in [-0.2, -0.15) is 0 Å². The van der Waals surface area contributed by atoms with Crippen molar-refractivity contribution in [2.75, 3.05) is 18.4 Å². The van der Waals surface area contributed by atoms with Crippen LogP contribution in [0.5, 0.6) is 5.75 Å². The number of fused-ring (bicyclic) bond motifs is 1. The van der Waals surface area contributed by atoms with Crippen LogP contribution in [0.1, 0.15) is 60.0 Å². The van der Waals surface area contributed by atoms with E-state index in [1.165, 1.54) is 30.5 Å². The van der Waals surface area contributed by atoms with Crippen LogP contribution in [-0.2, 0) is 11.3 Å². The Bertz CT molecular complexity index is 1530. The molecule has 1 aromatic carbocycles. The molecule has 0 aliphatic carbocycles. The fraction of sp³-hybridized carbons (Fsp3) is 0.367. The first-order valence-corrected chi connectivity index (χ1v) is 14.0. The summed E-state index contributed by atoms with van der Waals surface area (Å²) in [5.74, 6) is -0.758. The number of hydrogen-bond donors (Lipinski definition) is 1. The number of halogens is 3. The average Bonchev–Trinajstić information content (AvgIpc) is 3.28. The summed E-state index contributed by atoms with van der Waals surface area (Å²) in [6.07, 6.45) is 5.54. The van der Waals surface area contributed by atoms with E-state index in [0.717, 1.165) is 0 Å². The number of anilines is 1. The maximum atomic E-state index is 13.4. The van der Waals surface area contributed by atoms with E-state index in [1.807, 2.05) is 20.8 Å². The topological polar surface area (TPSA) is 114 Å². The first-order chi connectivity index (χ1) is 20.3. The summed E-state index contributed by atoms with van der Waals surface area (Å²) in [4.78, 5) is 50.9. The Kier molecular flexibility index (Phi) is 8.24. The van der Waals surface area contributed by atoms with Crippen LogP contribution in [0.25, 0.3) is 11.1 Å². The van der Waals surface area contributed by atoms with Gasteiger partial charge in [0.2, 0.25) is 0 Å². The first-order valence-electron chi connectivity index (χ1n) is 13.7. The third-order valence-electron chi connectivity index (χ3n) is 7.02. The summed E-state index contributed by atoms with van der Waals surface area (Å²) >= 11 is 4.78. The number of pyridine rings is 2. The predicted molar refractivity (Wildman–Crippen MR) is 154 cm³/mol. The fourth-order valence-corrected chi connectivity index (χ4v) is 5.09. The minimum atomic E-state index is -3.84. The van der Waals surface area contributed by atoms with Gasteiger partial charge >= 0.3 is 11.7 Å². The van der Waals surface area contributed by atoms with Crippen molar-refractivity contribution in [3.8, 4) is 16.9 Å². The minimum Gasteiger partial charge on any atom is -0.444 e. The normalized spacial score (nSPS) is 15.7. The summed E-state index contributed by atoms with van der Waals surface area (Å²) in [7, 11) is 0. The van der Waals surface area contributed by atoms with Gasteiger partial charge in [-0.25, -0.2) is 4.79 Å². The number of likely N-dealkylation sites (tertiary alicyclic amines) is 1. The molecule has 2 aliphatic heterocycles. The number of piperidine rings is 1. The lowest BCUT2D eigenvalue weighted by Crippen LogP contribution is -2.48. The molecule has 1 fully saturated rings. The lowest BCUT2D eigenvalue weighted by atomic mass is 10.0. The van der Waals surface area contributed by atoms with Crippen molar-refractivity contribution in [2.24, 2.45) is 0 Å². The van der Waals surface area contributed by atoms with Gasteiger partial charge in [0.05, 0.1) is 23.4 Å². The second kappa shape index (κ2) is 11.8. The highest BCUT2D eigenvalue weighted by molar-refractivity contribution is 6.20. The van der Waals surface area contributed by atoms with Gasteiger partial charge in [0.25, 0.3) is 11.8 Å². The second-order valence-electron chi connectivity index (χ2n) is 11.3. The minimum absolute atomic E-state index is 0.0235. The predicted octanol–water partition coefficient (Wildman–Crippen LogP) is 5.92. The number of benzene rings is 1. The Labute approximate surface area is 251 Å². The van der Waals surface area contributed by atoms with Crippen molar-refractivity contribution >= 4 is 35.2 Å². The van der Waals surface area contributed by atoms with Gasteiger partial charge < -0.3 is 24.6 Å². The van der Waals surface area contributed by atoms with Gasteiger partial charge in [0.1, 0.15) is 11.4 Å². The molecule has 1 N–H and O–H groups in total. The Morgan fingerprint density at radius 1 is 1.02 bits per heavy atom. The third-order valence-corrected chi connectivity index (χ3v) is 7.10. The molecule has 1 saturated heterocycles. The van der Waals surface area contributed by atoms with Gasteiger partial charge in [-0.15, -0.1) is 8.78 Å². The number of nitrogens with zero attached hydrogens (tertiary/aromatic N) is 4. The molecule has 0 unspecified atom stereocenters. The van der Waals surface area contributed by atoms with Crippen molar-refractivity contribution in [1.29, 1.82) is 0 Å². The molecule has 13 heteroatoms. The molecule has 226 valence electrons. The van der Waals surface area contributed by atoms with Crippen LogP contribution in [-0.4, -0.2) is 68.0 Å². The Morgan fingerprint density at radius 3 is 2.35 bits per heavy atom. The van der Waals surface area contributed by atoms with E-state index in [-0.39, 0.29) is 29.4 Å². The number of hydrogen-bond acceptors (Lipinski definition) is 7. The van der Waals surface area contributed by atoms with Crippen LogP contribution < -0.4 is 10.1 Å². The number of carbonyl (C=O) groups excluding carboxylic acids is 3. The maximum absolute atomic E-state index is 13.4. The summed E-state index contributed by atoms with van der Waals surface area (Å²) in [5.41, 5.74) is -1.44. The molecule has 0 atom stereocenters. The number of ether oxygens (including phenoxy) is 2. The number of nitrogens with one attached hydrogen (secondary N) is 1. The largest absolute Gasteiger partial charge is 0.487 e. The van der Waals surface area contributed by atoms with Crippen LogP contribution in [0, 0.1) is 0 Å². The summed E-state index contributed by atoms with van der Waals surface area (Å²) in [6.45, 7) is 6.87. The van der Waals surface area contributed by atoms with Gasteiger partial charge in [-0.3, -0.25) is 19.6 Å². The smallest absolute Gasteiger partial charge is 0.444 e. The molecule has 0 spiro atoms. The van der Waals surface area contributed by atoms with Crippen LogP contribution >= 0.6 is 11.6 Å². The van der Waals surface area contributed by atoms with Crippen LogP contribution in [0.15, 0.2) is 55.0 Å². The van der Waals surface area contributed by atoms with E-state index in [2.05, 4.69) is 20.0 Å². The lowest BCUT2D eigenvalue weighted by Gasteiger charge is -2.37. The van der Waals surface area contributed by atoms with Crippen molar-refractivity contribution in [3.63, 3.8) is 0 Å². The number of alkyl halides is 3. The Hall–Kier alpha value is -4.32. The molecular weight excluding hydrogens is 584 g/mol. The van der Waals surface area contributed by atoms with Crippen LogP contribution in [0.3, 0.4) is 0 Å². The van der Waals surface area contributed by atoms with Gasteiger partial charge in [0, 0.05) is 66.1 Å². The van der Waals surface area contributed by atoms with Crippen molar-refractivity contribution in [3.05, 3.63) is 71.8 Å². The molecule has 4 heterocycles. The van der Waals surface area contributed by atoms with Gasteiger partial charge in [-0.1, -0.05) is 0 Å². The monoisotopic (exact) mass is 613 g/mol. The van der Waals surface area contributed by atoms with Crippen molar-refractivity contribution in [1.82, 2.24) is 19.8 Å². The van der Waals surface area contributed by atoms with E-state index >= 15 is 0 Å². The van der Waals surface area contributed by atoms with Crippen LogP contribution in [0.4, 0.5) is 19.3 Å². The molecular formula is C30H30ClF2N5O5. The lowest BCUT2D eigenvalue weighted by molar-refractivity contribution is -0.0964. The van der Waals surface area contributed by atoms with Crippen LogP contribution in [0.2, 0.25) is 0 Å². The quantitative estimate of drug-likeness (QED) is 0.343. The third kappa shape index (κ3) is 7.37. The standard InChI is InChI=1S/C30H30ClF2N5O5/c1-29(2,3)43-28(41)37-10-8-22(9-11-37)38-17-25-24(27(38)40)13-19(16-35-25)18-12-20(15-34-14-18)26(39)36-21-4-6-23(7-5-21)42-30(31,32)33/h4-7,12-16,22H,8-11,17H2,1-3H3,(H,36,39). The highest BCUT2D eigenvalue weighted by Crippen LogP contribution is 2.31. The number of carbonyl (C=O) groups is 3. The zero-order valence-electron chi connectivity index (χ0n) is 23.8. The van der Waals surface area contributed by atoms with E-state index in [4.69, 9.17) is 16.3 Å². The van der Waals surface area contributed by atoms with E-state index in [9.17, 15) is 23.2 Å². The number of rotatable bonds is 6. The van der Waals surface area contributed by atoms with E-state index in [1.54, 1.807) is 34.3 Å². The first kappa shape index (κ1) is 30.1. The van der Waals surface area contributed by atoms with E-state index < -0.39 is 17.1 Å². The molecule has 10 nitrogen and oxygen atoms in total. The molecule has 5 rings (SSSR count). The van der Waals surface area contributed by atoms with Gasteiger partial charge in [-0.05, 0) is 70.0 Å². The SMILES string of the molecule is CC(C)(C)OC(=O)N1CCC(N2Cc3ncc(-c4cncc(C(=O)Nc5ccc(OC(F)(F)Cl)cc5)c4)cc3C2=O)CC1. The number of amides is 3. The molecule has 0 bridgehead atoms. The molecule has 0 saturated carbocycles. The van der Waals surface area contributed by atoms with E-state index in [0.29, 0.717) is 60.5 Å². The van der Waals surface area contributed by atoms with Crippen molar-refractivity contribution in [2.45, 2.75) is 57.4 Å². The highest BCUT2D eigenvalue weighted by atomic mass is 35.5.